The van der Waals surface area contributed by atoms with E-state index in [9.17, 15) is 8.42 Å². The van der Waals surface area contributed by atoms with Crippen molar-refractivity contribution in [3.8, 4) is 0 Å². The number of ether oxygens (including phenoxy) is 3. The van der Waals surface area contributed by atoms with Gasteiger partial charge in [-0.25, -0.2) is 13.6 Å². The van der Waals surface area contributed by atoms with E-state index in [4.69, 9.17) is 19.3 Å². The number of sulfonamides is 1. The van der Waals surface area contributed by atoms with Crippen molar-refractivity contribution in [3.63, 3.8) is 0 Å². The van der Waals surface area contributed by atoms with Gasteiger partial charge in [0, 0.05) is 26.9 Å². The maximum absolute atomic E-state index is 10.6. The van der Waals surface area contributed by atoms with Crippen molar-refractivity contribution < 1.29 is 22.6 Å². The molecule has 7 heteroatoms. The number of rotatable bonds is 11. The molecule has 0 fully saturated rings. The van der Waals surface area contributed by atoms with Crippen LogP contribution >= 0.6 is 0 Å². The summed E-state index contributed by atoms with van der Waals surface area (Å²) in [7, 11) is -1.71. The van der Waals surface area contributed by atoms with Gasteiger partial charge in [0.05, 0.1) is 19.0 Å². The number of hydrogen-bond donors (Lipinski definition) is 1. The van der Waals surface area contributed by atoms with Gasteiger partial charge in [-0.2, -0.15) is 0 Å². The second-order valence-electron chi connectivity index (χ2n) is 3.29. The second kappa shape index (κ2) is 9.98. The zero-order valence-electron chi connectivity index (χ0n) is 9.68. The summed E-state index contributed by atoms with van der Waals surface area (Å²) in [4.78, 5) is 0. The van der Waals surface area contributed by atoms with E-state index in [1.54, 1.807) is 7.11 Å². The molecule has 0 aromatic carbocycles. The molecule has 0 bridgehead atoms. The predicted molar refractivity (Wildman–Crippen MR) is 60.7 cm³/mol. The molecule has 0 saturated carbocycles. The molecule has 16 heavy (non-hydrogen) atoms. The van der Waals surface area contributed by atoms with Crippen molar-refractivity contribution in [2.45, 2.75) is 12.8 Å². The fraction of sp³-hybridized carbons (Fsp3) is 1.00. The van der Waals surface area contributed by atoms with Gasteiger partial charge in [-0.15, -0.1) is 0 Å². The molecule has 0 amide bonds. The summed E-state index contributed by atoms with van der Waals surface area (Å²) in [6.45, 7) is 2.71. The number of primary sulfonamides is 1. The Kier molecular flexibility index (Phi) is 9.85. The molecule has 0 saturated heterocycles. The van der Waals surface area contributed by atoms with Crippen LogP contribution in [0.1, 0.15) is 12.8 Å². The summed E-state index contributed by atoms with van der Waals surface area (Å²) in [6.07, 6.45) is 1.28. The van der Waals surface area contributed by atoms with Crippen molar-refractivity contribution in [2.75, 3.05) is 45.9 Å². The summed E-state index contributed by atoms with van der Waals surface area (Å²) in [5.74, 6) is -0.0400. The van der Waals surface area contributed by atoms with Crippen LogP contribution in [-0.4, -0.2) is 54.3 Å². The van der Waals surface area contributed by atoms with Gasteiger partial charge in [0.2, 0.25) is 10.0 Å². The first kappa shape index (κ1) is 15.8. The molecular weight excluding hydrogens is 234 g/mol. The van der Waals surface area contributed by atoms with Gasteiger partial charge >= 0.3 is 0 Å². The predicted octanol–water partition coefficient (Wildman–Crippen LogP) is -0.265. The Hall–Kier alpha value is -0.210. The van der Waals surface area contributed by atoms with Crippen LogP contribution in [0.2, 0.25) is 0 Å². The van der Waals surface area contributed by atoms with Crippen molar-refractivity contribution in [3.05, 3.63) is 0 Å². The minimum absolute atomic E-state index is 0.0400. The lowest BCUT2D eigenvalue weighted by Crippen LogP contribution is -2.18. The molecule has 0 aliphatic carbocycles. The molecule has 0 aromatic rings. The van der Waals surface area contributed by atoms with E-state index in [-0.39, 0.29) is 5.75 Å². The van der Waals surface area contributed by atoms with Crippen molar-refractivity contribution in [1.29, 1.82) is 0 Å². The van der Waals surface area contributed by atoms with Crippen molar-refractivity contribution in [1.82, 2.24) is 0 Å². The zero-order valence-corrected chi connectivity index (χ0v) is 10.5. The lowest BCUT2D eigenvalue weighted by Gasteiger charge is -2.05. The number of nitrogens with two attached hydrogens (primary N) is 1. The molecule has 0 heterocycles. The Morgan fingerprint density at radius 2 is 1.50 bits per heavy atom. The number of hydrogen-bond acceptors (Lipinski definition) is 5. The molecular formula is C9H21NO5S. The third-order valence-corrected chi connectivity index (χ3v) is 2.58. The molecule has 0 radical (unpaired) electrons. The van der Waals surface area contributed by atoms with Crippen LogP contribution in [0.3, 0.4) is 0 Å². The zero-order chi connectivity index (χ0) is 12.3. The molecule has 0 aromatic heterocycles. The van der Waals surface area contributed by atoms with Gasteiger partial charge in [-0.1, -0.05) is 0 Å². The van der Waals surface area contributed by atoms with E-state index in [1.165, 1.54) is 0 Å². The highest BCUT2D eigenvalue weighted by molar-refractivity contribution is 7.89. The normalized spacial score (nSPS) is 11.9. The molecule has 0 spiro atoms. The first-order valence-corrected chi connectivity index (χ1v) is 6.92. The molecule has 98 valence electrons. The van der Waals surface area contributed by atoms with Gasteiger partial charge in [-0.05, 0) is 12.8 Å². The minimum Gasteiger partial charge on any atom is -0.385 e. The Balaban J connectivity index is 3.05. The highest BCUT2D eigenvalue weighted by Crippen LogP contribution is 1.88. The van der Waals surface area contributed by atoms with Crippen LogP contribution in [0.25, 0.3) is 0 Å². The third kappa shape index (κ3) is 13.8. The Labute approximate surface area is 97.1 Å². The van der Waals surface area contributed by atoms with Crippen LogP contribution in [0, 0.1) is 0 Å². The van der Waals surface area contributed by atoms with Gasteiger partial charge in [0.15, 0.2) is 0 Å². The average Bonchev–Trinajstić information content (AvgIpc) is 2.19. The van der Waals surface area contributed by atoms with Crippen LogP contribution in [0.4, 0.5) is 0 Å². The smallest absolute Gasteiger partial charge is 0.209 e. The fourth-order valence-electron chi connectivity index (χ4n) is 0.989. The molecule has 6 nitrogen and oxygen atoms in total. The largest absolute Gasteiger partial charge is 0.385 e. The van der Waals surface area contributed by atoms with E-state index in [0.717, 1.165) is 6.42 Å². The van der Waals surface area contributed by atoms with E-state index in [0.29, 0.717) is 39.5 Å². The second-order valence-corrected chi connectivity index (χ2v) is 5.03. The van der Waals surface area contributed by atoms with Crippen LogP contribution in [-0.2, 0) is 24.2 Å². The standard InChI is InChI=1S/C9H21NO5S/c1-13-4-2-5-14-7-8-15-6-3-9-16(10,11)12/h2-9H2,1H3,(H2,10,11,12). The van der Waals surface area contributed by atoms with Gasteiger partial charge < -0.3 is 14.2 Å². The highest BCUT2D eigenvalue weighted by atomic mass is 32.2. The highest BCUT2D eigenvalue weighted by Gasteiger charge is 2.01. The Morgan fingerprint density at radius 1 is 0.938 bits per heavy atom. The van der Waals surface area contributed by atoms with Crippen LogP contribution in [0.5, 0.6) is 0 Å². The lowest BCUT2D eigenvalue weighted by molar-refractivity contribution is 0.0402. The molecule has 0 aliphatic heterocycles. The van der Waals surface area contributed by atoms with Crippen molar-refractivity contribution in [2.24, 2.45) is 5.14 Å². The minimum atomic E-state index is -3.36. The average molecular weight is 255 g/mol. The van der Waals surface area contributed by atoms with E-state index in [2.05, 4.69) is 0 Å². The molecule has 2 N–H and O–H groups in total. The summed E-state index contributed by atoms with van der Waals surface area (Å²) in [5.41, 5.74) is 0. The van der Waals surface area contributed by atoms with Crippen LogP contribution in [0.15, 0.2) is 0 Å². The first-order chi connectivity index (χ1) is 7.56. The van der Waals surface area contributed by atoms with Crippen molar-refractivity contribution >= 4 is 10.0 Å². The summed E-state index contributed by atoms with van der Waals surface area (Å²) >= 11 is 0. The summed E-state index contributed by atoms with van der Waals surface area (Å²) < 4.78 is 36.4. The maximum atomic E-state index is 10.6. The summed E-state index contributed by atoms with van der Waals surface area (Å²) in [6, 6.07) is 0. The maximum Gasteiger partial charge on any atom is 0.209 e. The van der Waals surface area contributed by atoms with Gasteiger partial charge in [0.25, 0.3) is 0 Å². The Morgan fingerprint density at radius 3 is 2.00 bits per heavy atom. The molecule has 0 unspecified atom stereocenters. The third-order valence-electron chi connectivity index (χ3n) is 1.73. The first-order valence-electron chi connectivity index (χ1n) is 5.21. The number of methoxy groups -OCH3 is 1. The summed E-state index contributed by atoms with van der Waals surface area (Å²) in [5, 5.41) is 4.82. The fourth-order valence-corrected chi connectivity index (χ4v) is 1.51. The lowest BCUT2D eigenvalue weighted by atomic mass is 10.5. The van der Waals surface area contributed by atoms with E-state index < -0.39 is 10.0 Å². The SMILES string of the molecule is COCCCOCCOCCCS(N)(=O)=O. The quantitative estimate of drug-likeness (QED) is 0.514. The molecule has 0 aliphatic rings. The monoisotopic (exact) mass is 255 g/mol. The van der Waals surface area contributed by atoms with Gasteiger partial charge in [-0.3, -0.25) is 0 Å². The Bertz CT molecular complexity index is 242. The van der Waals surface area contributed by atoms with Gasteiger partial charge in [0.1, 0.15) is 0 Å². The van der Waals surface area contributed by atoms with Crippen LogP contribution < -0.4 is 5.14 Å². The molecule has 0 rings (SSSR count). The van der Waals surface area contributed by atoms with E-state index >= 15 is 0 Å². The van der Waals surface area contributed by atoms with E-state index in [1.807, 2.05) is 0 Å². The topological polar surface area (TPSA) is 87.8 Å². The molecule has 0 atom stereocenters.